The lowest BCUT2D eigenvalue weighted by atomic mass is 9.74. The maximum Gasteiger partial charge on any atom is 0.306 e. The zero-order chi connectivity index (χ0) is 23.6. The molecule has 33 heavy (non-hydrogen) atoms. The van der Waals surface area contributed by atoms with Gasteiger partial charge in [-0.1, -0.05) is 0 Å². The van der Waals surface area contributed by atoms with Crippen LogP contribution in [0.3, 0.4) is 0 Å². The normalized spacial score (nSPS) is 20.1. The SMILES string of the molecule is COc1ccnc(Nc2cc(C)nc(-c3cnc(C(C)(O)[C@H]4CC[C@H](C(=O)O)CC4)s3)c2)n1. The third kappa shape index (κ3) is 5.12. The Morgan fingerprint density at radius 1 is 1.21 bits per heavy atom. The Morgan fingerprint density at radius 3 is 2.67 bits per heavy atom. The Labute approximate surface area is 195 Å². The Bertz CT molecular complexity index is 1140. The van der Waals surface area contributed by atoms with Gasteiger partial charge in [-0.05, 0) is 57.6 Å². The van der Waals surface area contributed by atoms with E-state index in [0.29, 0.717) is 42.5 Å². The third-order valence-electron chi connectivity index (χ3n) is 6.11. The second-order valence-electron chi connectivity index (χ2n) is 8.49. The predicted octanol–water partition coefficient (Wildman–Crippen LogP) is 4.15. The molecule has 0 amide bonds. The van der Waals surface area contributed by atoms with Crippen LogP contribution >= 0.6 is 11.3 Å². The Hall–Kier alpha value is -3.11. The predicted molar refractivity (Wildman–Crippen MR) is 125 cm³/mol. The Morgan fingerprint density at radius 2 is 1.97 bits per heavy atom. The monoisotopic (exact) mass is 469 g/mol. The highest BCUT2D eigenvalue weighted by Crippen LogP contribution is 2.43. The molecule has 4 rings (SSSR count). The van der Waals surface area contributed by atoms with Crippen molar-refractivity contribution in [2.24, 2.45) is 11.8 Å². The molecule has 3 aromatic rings. The van der Waals surface area contributed by atoms with Crippen LogP contribution in [0, 0.1) is 18.8 Å². The summed E-state index contributed by atoms with van der Waals surface area (Å²) in [5.41, 5.74) is 1.20. The fraction of sp³-hybridized carbons (Fsp3) is 0.435. The summed E-state index contributed by atoms with van der Waals surface area (Å²) in [4.78, 5) is 29.7. The van der Waals surface area contributed by atoms with Crippen molar-refractivity contribution in [3.63, 3.8) is 0 Å². The molecular formula is C23H27N5O4S. The van der Waals surface area contributed by atoms with Gasteiger partial charge in [0.15, 0.2) is 0 Å². The van der Waals surface area contributed by atoms with Gasteiger partial charge in [0.1, 0.15) is 10.6 Å². The lowest BCUT2D eigenvalue weighted by molar-refractivity contribution is -0.144. The van der Waals surface area contributed by atoms with Crippen molar-refractivity contribution >= 4 is 28.9 Å². The molecule has 0 bridgehead atoms. The number of carbonyl (C=O) groups is 1. The lowest BCUT2D eigenvalue weighted by Crippen LogP contribution is -2.35. The van der Waals surface area contributed by atoms with Crippen LogP contribution in [0.1, 0.15) is 43.3 Å². The molecule has 1 fully saturated rings. The summed E-state index contributed by atoms with van der Waals surface area (Å²) in [7, 11) is 1.55. The first kappa shape index (κ1) is 23.1. The van der Waals surface area contributed by atoms with E-state index in [2.05, 4.69) is 25.3 Å². The number of aryl methyl sites for hydroxylation is 1. The van der Waals surface area contributed by atoms with E-state index in [1.807, 2.05) is 19.1 Å². The number of carboxylic acid groups (broad SMARTS) is 1. The first-order chi connectivity index (χ1) is 15.8. The van der Waals surface area contributed by atoms with Crippen molar-refractivity contribution in [3.05, 3.63) is 41.3 Å². The van der Waals surface area contributed by atoms with Gasteiger partial charge in [-0.2, -0.15) is 4.98 Å². The van der Waals surface area contributed by atoms with Gasteiger partial charge in [-0.15, -0.1) is 11.3 Å². The number of aliphatic hydroxyl groups is 1. The van der Waals surface area contributed by atoms with E-state index in [1.165, 1.54) is 11.3 Å². The minimum absolute atomic E-state index is 0.0278. The fourth-order valence-corrected chi connectivity index (χ4v) is 5.22. The Balaban J connectivity index is 1.53. The summed E-state index contributed by atoms with van der Waals surface area (Å²) in [5, 5.41) is 24.3. The second kappa shape index (κ2) is 9.40. The number of methoxy groups -OCH3 is 1. The number of pyridine rings is 1. The van der Waals surface area contributed by atoms with E-state index in [4.69, 9.17) is 4.74 Å². The summed E-state index contributed by atoms with van der Waals surface area (Å²) < 4.78 is 5.15. The second-order valence-corrected chi connectivity index (χ2v) is 9.52. The van der Waals surface area contributed by atoms with Gasteiger partial charge >= 0.3 is 5.97 Å². The maximum absolute atomic E-state index is 11.3. The molecule has 0 aliphatic heterocycles. The van der Waals surface area contributed by atoms with Gasteiger partial charge in [0, 0.05) is 29.8 Å². The summed E-state index contributed by atoms with van der Waals surface area (Å²) in [6.45, 7) is 3.68. The average Bonchev–Trinajstić information content (AvgIpc) is 3.30. The average molecular weight is 470 g/mol. The molecule has 1 saturated carbocycles. The largest absolute Gasteiger partial charge is 0.481 e. The van der Waals surface area contributed by atoms with Crippen LogP contribution in [0.4, 0.5) is 11.6 Å². The third-order valence-corrected chi connectivity index (χ3v) is 7.36. The van der Waals surface area contributed by atoms with E-state index in [9.17, 15) is 15.0 Å². The molecule has 1 aliphatic carbocycles. The van der Waals surface area contributed by atoms with E-state index in [0.717, 1.165) is 22.0 Å². The molecule has 0 aromatic carbocycles. The number of rotatable bonds is 7. The number of carboxylic acids is 1. The highest BCUT2D eigenvalue weighted by Gasteiger charge is 2.40. The molecule has 3 aromatic heterocycles. The topological polar surface area (TPSA) is 130 Å². The van der Waals surface area contributed by atoms with E-state index >= 15 is 0 Å². The first-order valence-electron chi connectivity index (χ1n) is 10.8. The number of aliphatic carboxylic acids is 1. The number of ether oxygens (including phenoxy) is 1. The molecule has 1 unspecified atom stereocenters. The summed E-state index contributed by atoms with van der Waals surface area (Å²) >= 11 is 1.40. The maximum atomic E-state index is 11.3. The number of hydrogen-bond acceptors (Lipinski definition) is 9. The summed E-state index contributed by atoms with van der Waals surface area (Å²) in [5.74, 6) is -0.222. The molecule has 0 saturated heterocycles. The molecule has 3 heterocycles. The number of aromatic nitrogens is 4. The molecule has 174 valence electrons. The molecule has 1 aliphatic rings. The van der Waals surface area contributed by atoms with E-state index < -0.39 is 11.6 Å². The van der Waals surface area contributed by atoms with Crippen LogP contribution in [-0.2, 0) is 10.4 Å². The molecule has 10 heteroatoms. The summed E-state index contributed by atoms with van der Waals surface area (Å²) in [6, 6.07) is 5.46. The molecular weight excluding hydrogens is 442 g/mol. The number of nitrogens with zero attached hydrogens (tertiary/aromatic N) is 4. The van der Waals surface area contributed by atoms with Crippen molar-refractivity contribution in [1.82, 2.24) is 19.9 Å². The van der Waals surface area contributed by atoms with Gasteiger partial charge in [0.25, 0.3) is 0 Å². The first-order valence-corrected chi connectivity index (χ1v) is 11.6. The van der Waals surface area contributed by atoms with Crippen molar-refractivity contribution in [2.75, 3.05) is 12.4 Å². The smallest absolute Gasteiger partial charge is 0.306 e. The number of nitrogens with one attached hydrogen (secondary N) is 1. The number of anilines is 2. The zero-order valence-electron chi connectivity index (χ0n) is 18.8. The van der Waals surface area contributed by atoms with Crippen LogP contribution in [0.25, 0.3) is 10.6 Å². The fourth-order valence-electron chi connectivity index (χ4n) is 4.22. The molecule has 9 nitrogen and oxygen atoms in total. The molecule has 0 spiro atoms. The zero-order valence-corrected chi connectivity index (χ0v) is 19.6. The number of thiazole rings is 1. The van der Waals surface area contributed by atoms with Crippen LogP contribution < -0.4 is 10.1 Å². The minimum Gasteiger partial charge on any atom is -0.481 e. The van der Waals surface area contributed by atoms with Gasteiger partial charge in [-0.3, -0.25) is 9.78 Å². The molecule has 3 N–H and O–H groups in total. The van der Waals surface area contributed by atoms with Crippen LogP contribution in [-0.4, -0.2) is 43.2 Å². The van der Waals surface area contributed by atoms with Crippen molar-refractivity contribution in [2.45, 2.75) is 45.1 Å². The number of hydrogen-bond donors (Lipinski definition) is 3. The van der Waals surface area contributed by atoms with Gasteiger partial charge < -0.3 is 20.3 Å². The standard InChI is InChI=1S/C23H27N5O4S/c1-13-10-16(27-22-24-9-8-19(28-22)32-3)11-17(26-13)18-12-25-21(33-18)23(2,31)15-6-4-14(5-7-15)20(29)30/h8-12,14-15,31H,4-7H2,1-3H3,(H,29,30)(H,24,26,27,28)/t14-,15-,23?. The van der Waals surface area contributed by atoms with Gasteiger partial charge in [0.2, 0.25) is 11.8 Å². The highest BCUT2D eigenvalue weighted by molar-refractivity contribution is 7.15. The molecule has 1 atom stereocenters. The van der Waals surface area contributed by atoms with Crippen molar-refractivity contribution < 1.29 is 19.7 Å². The molecule has 0 radical (unpaired) electrons. The quantitative estimate of drug-likeness (QED) is 0.467. The highest BCUT2D eigenvalue weighted by atomic mass is 32.1. The van der Waals surface area contributed by atoms with Crippen LogP contribution in [0.15, 0.2) is 30.6 Å². The van der Waals surface area contributed by atoms with Gasteiger partial charge in [-0.25, -0.2) is 9.97 Å². The lowest BCUT2D eigenvalue weighted by Gasteiger charge is -2.35. The van der Waals surface area contributed by atoms with Gasteiger partial charge in [0.05, 0.1) is 23.6 Å². The van der Waals surface area contributed by atoms with E-state index in [1.54, 1.807) is 32.5 Å². The summed E-state index contributed by atoms with van der Waals surface area (Å²) in [6.07, 6.45) is 5.83. The van der Waals surface area contributed by atoms with Crippen LogP contribution in [0.5, 0.6) is 5.88 Å². The van der Waals surface area contributed by atoms with E-state index in [-0.39, 0.29) is 11.8 Å². The van der Waals surface area contributed by atoms with Crippen molar-refractivity contribution in [1.29, 1.82) is 0 Å². The van der Waals surface area contributed by atoms with Crippen molar-refractivity contribution in [3.8, 4) is 16.5 Å². The van der Waals surface area contributed by atoms with Crippen LogP contribution in [0.2, 0.25) is 0 Å². The Kier molecular flexibility index (Phi) is 6.57. The minimum atomic E-state index is -1.12.